The summed E-state index contributed by atoms with van der Waals surface area (Å²) in [6, 6.07) is 39.4. The maximum Gasteiger partial charge on any atom is 0.199 e. The molecule has 0 amide bonds. The minimum absolute atomic E-state index is 0.0520. The highest BCUT2D eigenvalue weighted by molar-refractivity contribution is 7.19. The smallest absolute Gasteiger partial charge is 0.199 e. The molecule has 0 N–H and O–H groups in total. The van der Waals surface area contributed by atoms with Crippen LogP contribution < -0.4 is 4.90 Å². The summed E-state index contributed by atoms with van der Waals surface area (Å²) in [7, 11) is 0. The third kappa shape index (κ3) is 3.57. The molecule has 0 fully saturated rings. The van der Waals surface area contributed by atoms with Crippen molar-refractivity contribution in [3.8, 4) is 45.1 Å². The quantitative estimate of drug-likeness (QED) is 0.216. The SMILES string of the molecule is N#Cc1nc2nc3c(nc2nc1C#N)-c1ccc(-c2ccc(N(c4ccccc4)c4ccccc4)s2)c2cccc-3c12. The summed E-state index contributed by atoms with van der Waals surface area (Å²) in [5.74, 6) is 0. The Labute approximate surface area is 244 Å². The lowest BCUT2D eigenvalue weighted by atomic mass is 9.98. The average molecular weight is 556 g/mol. The van der Waals surface area contributed by atoms with Crippen LogP contribution in [0.3, 0.4) is 0 Å². The summed E-state index contributed by atoms with van der Waals surface area (Å²) in [4.78, 5) is 21.5. The monoisotopic (exact) mass is 555 g/mol. The first-order valence-corrected chi connectivity index (χ1v) is 14.0. The molecule has 1 aliphatic carbocycles. The molecule has 3 aromatic heterocycles. The number of nitrogens with zero attached hydrogens (tertiary/aromatic N) is 7. The van der Waals surface area contributed by atoms with Gasteiger partial charge in [-0.25, -0.2) is 19.9 Å². The molecule has 1 aliphatic rings. The summed E-state index contributed by atoms with van der Waals surface area (Å²) in [5, 5.41) is 22.1. The Kier molecular flexibility index (Phi) is 5.29. The van der Waals surface area contributed by atoms with Crippen LogP contribution in [0, 0.1) is 22.7 Å². The fraction of sp³-hybridized carbons (Fsp3) is 0. The van der Waals surface area contributed by atoms with Crippen LogP contribution in [0.25, 0.3) is 55.0 Å². The summed E-state index contributed by atoms with van der Waals surface area (Å²) in [5.41, 5.74) is 7.04. The van der Waals surface area contributed by atoms with Gasteiger partial charge in [0.1, 0.15) is 17.1 Å². The number of nitriles is 2. The van der Waals surface area contributed by atoms with Crippen LogP contribution >= 0.6 is 11.3 Å². The van der Waals surface area contributed by atoms with Gasteiger partial charge in [0.25, 0.3) is 0 Å². The zero-order valence-electron chi connectivity index (χ0n) is 21.9. The summed E-state index contributed by atoms with van der Waals surface area (Å²) in [6.07, 6.45) is 0. The largest absolute Gasteiger partial charge is 0.302 e. The highest BCUT2D eigenvalue weighted by Gasteiger charge is 2.27. The number of hydrogen-bond donors (Lipinski definition) is 0. The van der Waals surface area contributed by atoms with Gasteiger partial charge in [-0.15, -0.1) is 11.3 Å². The molecule has 0 spiro atoms. The molecule has 0 radical (unpaired) electrons. The van der Waals surface area contributed by atoms with Gasteiger partial charge in [-0.05, 0) is 47.3 Å². The van der Waals surface area contributed by atoms with Gasteiger partial charge in [0.15, 0.2) is 22.7 Å². The Morgan fingerprint density at radius 3 is 1.71 bits per heavy atom. The van der Waals surface area contributed by atoms with Crippen molar-refractivity contribution in [2.24, 2.45) is 0 Å². The normalized spacial score (nSPS) is 11.3. The van der Waals surface area contributed by atoms with Crippen LogP contribution in [-0.2, 0) is 0 Å². The Hall–Kier alpha value is -5.96. The third-order valence-corrected chi connectivity index (χ3v) is 8.49. The van der Waals surface area contributed by atoms with E-state index >= 15 is 0 Å². The van der Waals surface area contributed by atoms with Crippen molar-refractivity contribution in [1.29, 1.82) is 10.5 Å². The second-order valence-electron chi connectivity index (χ2n) is 9.75. The summed E-state index contributed by atoms with van der Waals surface area (Å²) < 4.78 is 0. The molecule has 0 bridgehead atoms. The second kappa shape index (κ2) is 9.31. The van der Waals surface area contributed by atoms with E-state index in [1.54, 1.807) is 11.3 Å². The fourth-order valence-corrected chi connectivity index (χ4v) is 6.67. The molecule has 0 atom stereocenters. The van der Waals surface area contributed by atoms with Crippen molar-refractivity contribution < 1.29 is 0 Å². The molecule has 7 aromatic rings. The lowest BCUT2D eigenvalue weighted by molar-refractivity contribution is 1.12. The van der Waals surface area contributed by atoms with Gasteiger partial charge in [0, 0.05) is 32.8 Å². The molecule has 0 aliphatic heterocycles. The maximum atomic E-state index is 9.42. The zero-order chi connectivity index (χ0) is 28.2. The number of rotatable bonds is 4. The second-order valence-corrected chi connectivity index (χ2v) is 10.8. The number of benzene rings is 4. The van der Waals surface area contributed by atoms with Gasteiger partial charge in [0.05, 0.1) is 11.4 Å². The van der Waals surface area contributed by atoms with Gasteiger partial charge < -0.3 is 4.90 Å². The molecule has 8 heteroatoms. The number of para-hydroxylation sites is 2. The molecule has 42 heavy (non-hydrogen) atoms. The number of aromatic nitrogens is 4. The lowest BCUT2D eigenvalue weighted by Gasteiger charge is -2.23. The van der Waals surface area contributed by atoms with E-state index in [0.717, 1.165) is 48.7 Å². The van der Waals surface area contributed by atoms with Crippen LogP contribution in [0.2, 0.25) is 0 Å². The predicted octanol–water partition coefficient (Wildman–Crippen LogP) is 8.16. The maximum absolute atomic E-state index is 9.42. The van der Waals surface area contributed by atoms with Crippen molar-refractivity contribution in [1.82, 2.24) is 19.9 Å². The molecular weight excluding hydrogens is 538 g/mol. The van der Waals surface area contributed by atoms with Gasteiger partial charge >= 0.3 is 0 Å². The molecule has 4 aromatic carbocycles. The van der Waals surface area contributed by atoms with Crippen LogP contribution in [0.15, 0.2) is 103 Å². The fourth-order valence-electron chi connectivity index (χ4n) is 5.58. The van der Waals surface area contributed by atoms with Crippen LogP contribution in [-0.4, -0.2) is 19.9 Å². The topological polar surface area (TPSA) is 102 Å². The van der Waals surface area contributed by atoms with Crippen LogP contribution in [0.4, 0.5) is 16.4 Å². The van der Waals surface area contributed by atoms with Crippen molar-refractivity contribution >= 4 is 49.8 Å². The van der Waals surface area contributed by atoms with E-state index in [1.807, 2.05) is 36.4 Å². The van der Waals surface area contributed by atoms with Crippen molar-refractivity contribution in [2.75, 3.05) is 4.90 Å². The van der Waals surface area contributed by atoms with Crippen molar-refractivity contribution in [2.45, 2.75) is 0 Å². The van der Waals surface area contributed by atoms with Gasteiger partial charge in [-0.1, -0.05) is 66.7 Å². The van der Waals surface area contributed by atoms with E-state index in [0.29, 0.717) is 11.4 Å². The number of anilines is 3. The summed E-state index contributed by atoms with van der Waals surface area (Å²) >= 11 is 1.74. The lowest BCUT2D eigenvalue weighted by Crippen LogP contribution is -2.07. The Morgan fingerprint density at radius 2 is 1.12 bits per heavy atom. The Morgan fingerprint density at radius 1 is 0.548 bits per heavy atom. The molecule has 8 rings (SSSR count). The molecule has 3 heterocycles. The number of thiophene rings is 1. The van der Waals surface area contributed by atoms with E-state index < -0.39 is 0 Å². The molecule has 194 valence electrons. The highest BCUT2D eigenvalue weighted by atomic mass is 32.1. The Balaban J connectivity index is 1.28. The number of fused-ring (bicyclic) bond motifs is 4. The van der Waals surface area contributed by atoms with E-state index in [9.17, 15) is 10.5 Å². The third-order valence-electron chi connectivity index (χ3n) is 7.39. The molecule has 0 unspecified atom stereocenters. The van der Waals surface area contributed by atoms with E-state index in [1.165, 1.54) is 0 Å². The van der Waals surface area contributed by atoms with Gasteiger partial charge in [-0.3, -0.25) is 0 Å². The first kappa shape index (κ1) is 23.9. The Bertz CT molecular complexity index is 2170. The first-order valence-electron chi connectivity index (χ1n) is 13.2. The summed E-state index contributed by atoms with van der Waals surface area (Å²) in [6.45, 7) is 0. The zero-order valence-corrected chi connectivity index (χ0v) is 22.7. The van der Waals surface area contributed by atoms with E-state index in [4.69, 9.17) is 9.97 Å². The number of hydrogen-bond acceptors (Lipinski definition) is 8. The van der Waals surface area contributed by atoms with E-state index in [-0.39, 0.29) is 22.7 Å². The highest BCUT2D eigenvalue weighted by Crippen LogP contribution is 2.50. The first-order chi connectivity index (χ1) is 20.7. The average Bonchev–Trinajstić information content (AvgIpc) is 3.65. The molecule has 0 saturated carbocycles. The molecule has 0 saturated heterocycles. The predicted molar refractivity (Wildman–Crippen MR) is 164 cm³/mol. The van der Waals surface area contributed by atoms with Gasteiger partial charge in [-0.2, -0.15) is 10.5 Å². The molecular formula is C34H17N7S. The standard InChI is InChI=1S/C34H17N7S/c35-18-26-27(19-36)38-34-33(37-26)39-31-24-13-7-12-23-22(14-15-25(30(23)24)32(31)40-34)28-16-17-29(42-28)41(20-8-3-1-4-9-20)21-10-5-2-6-11-21/h1-17H. The minimum atomic E-state index is -0.0520. The van der Waals surface area contributed by atoms with E-state index in [2.05, 4.69) is 93.7 Å². The molecule has 7 nitrogen and oxygen atoms in total. The van der Waals surface area contributed by atoms with Crippen molar-refractivity contribution in [3.05, 3.63) is 115 Å². The van der Waals surface area contributed by atoms with Crippen LogP contribution in [0.1, 0.15) is 11.4 Å². The van der Waals surface area contributed by atoms with Gasteiger partial charge in [0.2, 0.25) is 0 Å². The minimum Gasteiger partial charge on any atom is -0.302 e. The van der Waals surface area contributed by atoms with Crippen LogP contribution in [0.5, 0.6) is 0 Å². The van der Waals surface area contributed by atoms with Crippen molar-refractivity contribution in [3.63, 3.8) is 0 Å².